The normalized spacial score (nSPS) is 17.9. The number of benzene rings is 2. The molecule has 1 atom stereocenters. The summed E-state index contributed by atoms with van der Waals surface area (Å²) in [5.41, 5.74) is 5.06. The van der Waals surface area contributed by atoms with Crippen molar-refractivity contribution < 1.29 is 13.2 Å². The topological polar surface area (TPSA) is 91.4 Å². The van der Waals surface area contributed by atoms with E-state index in [0.717, 1.165) is 58.1 Å². The van der Waals surface area contributed by atoms with Crippen LogP contribution in [0.1, 0.15) is 11.3 Å². The quantitative estimate of drug-likeness (QED) is 0.469. The van der Waals surface area contributed by atoms with Gasteiger partial charge in [0.2, 0.25) is 0 Å². The predicted octanol–water partition coefficient (Wildman–Crippen LogP) is 3.56. The summed E-state index contributed by atoms with van der Waals surface area (Å²) in [5, 5.41) is 1.10. The molecule has 1 fully saturated rings. The van der Waals surface area contributed by atoms with Crippen LogP contribution in [0.25, 0.3) is 22.3 Å². The van der Waals surface area contributed by atoms with Crippen molar-refractivity contribution in [3.05, 3.63) is 66.0 Å². The Hall–Kier alpha value is -3.43. The van der Waals surface area contributed by atoms with Crippen LogP contribution in [0.15, 0.2) is 59.6 Å². The largest absolute Gasteiger partial charge is 0.377 e. The second kappa shape index (κ2) is 8.35. The van der Waals surface area contributed by atoms with Crippen molar-refractivity contribution in [2.24, 2.45) is 0 Å². The zero-order valence-electron chi connectivity index (χ0n) is 19.7. The lowest BCUT2D eigenvalue weighted by molar-refractivity contribution is 0.0935. The van der Waals surface area contributed by atoms with E-state index in [9.17, 15) is 8.42 Å². The molecule has 2 aromatic heterocycles. The van der Waals surface area contributed by atoms with Crippen LogP contribution in [0.3, 0.4) is 0 Å². The average Bonchev–Trinajstić information content (AvgIpc) is 3.33. The molecule has 2 aromatic carbocycles. The maximum absolute atomic E-state index is 11.9. The van der Waals surface area contributed by atoms with Crippen molar-refractivity contribution in [1.29, 1.82) is 0 Å². The molecular formula is C26H27N5O3S. The molecule has 0 spiro atoms. The number of hydrogen-bond donors (Lipinski definition) is 1. The van der Waals surface area contributed by atoms with E-state index < -0.39 is 9.84 Å². The summed E-state index contributed by atoms with van der Waals surface area (Å²) < 4.78 is 29.5. The molecule has 4 heterocycles. The maximum atomic E-state index is 11.9. The van der Waals surface area contributed by atoms with Gasteiger partial charge < -0.3 is 19.5 Å². The first-order chi connectivity index (χ1) is 16.9. The summed E-state index contributed by atoms with van der Waals surface area (Å²) >= 11 is 0. The van der Waals surface area contributed by atoms with Crippen molar-refractivity contribution in [1.82, 2.24) is 15.0 Å². The summed E-state index contributed by atoms with van der Waals surface area (Å²) in [5.74, 6) is 1.66. The van der Waals surface area contributed by atoms with Gasteiger partial charge in [0, 0.05) is 48.6 Å². The average molecular weight is 490 g/mol. The minimum absolute atomic E-state index is 0.191. The van der Waals surface area contributed by atoms with Crippen molar-refractivity contribution in [2.45, 2.75) is 24.4 Å². The fourth-order valence-corrected chi connectivity index (χ4v) is 5.79. The van der Waals surface area contributed by atoms with Gasteiger partial charge in [-0.1, -0.05) is 24.3 Å². The lowest BCUT2D eigenvalue weighted by Crippen LogP contribution is -2.55. The van der Waals surface area contributed by atoms with Crippen molar-refractivity contribution >= 4 is 32.2 Å². The lowest BCUT2D eigenvalue weighted by atomic mass is 10.1. The van der Waals surface area contributed by atoms with Crippen LogP contribution in [-0.2, 0) is 21.1 Å². The Balaban J connectivity index is 1.43. The Morgan fingerprint density at radius 1 is 1.11 bits per heavy atom. The van der Waals surface area contributed by atoms with Crippen molar-refractivity contribution in [3.63, 3.8) is 0 Å². The highest BCUT2D eigenvalue weighted by Crippen LogP contribution is 2.40. The number of rotatable bonds is 4. The molecule has 0 aliphatic carbocycles. The van der Waals surface area contributed by atoms with Crippen LogP contribution in [0.2, 0.25) is 0 Å². The molecule has 1 N–H and O–H groups in total. The fourth-order valence-electron chi connectivity index (χ4n) is 5.16. The number of nitrogens with one attached hydrogen (secondary N) is 1. The monoisotopic (exact) mass is 489 g/mol. The Morgan fingerprint density at radius 3 is 2.74 bits per heavy atom. The SMILES string of the molecule is Cc1nc(-c2cccc3[nH]ccc23)nc2c1N(Cc1ccc(S(C)(=O)=O)cc1)CC1COCCN21. The van der Waals surface area contributed by atoms with Gasteiger partial charge in [0.05, 0.1) is 29.8 Å². The van der Waals surface area contributed by atoms with Crippen LogP contribution < -0.4 is 9.80 Å². The fraction of sp³-hybridized carbons (Fsp3) is 0.308. The second-order valence-electron chi connectivity index (χ2n) is 9.27. The van der Waals surface area contributed by atoms with E-state index in [-0.39, 0.29) is 6.04 Å². The van der Waals surface area contributed by atoms with Gasteiger partial charge in [-0.25, -0.2) is 18.4 Å². The number of morpholine rings is 1. The third kappa shape index (κ3) is 3.94. The number of anilines is 2. The van der Waals surface area contributed by atoms with E-state index in [1.54, 1.807) is 12.1 Å². The minimum atomic E-state index is -3.23. The third-order valence-corrected chi connectivity index (χ3v) is 7.98. The van der Waals surface area contributed by atoms with Gasteiger partial charge in [-0.3, -0.25) is 0 Å². The van der Waals surface area contributed by atoms with E-state index >= 15 is 0 Å². The number of aryl methyl sites for hydroxylation is 1. The number of H-pyrrole nitrogens is 1. The summed E-state index contributed by atoms with van der Waals surface area (Å²) in [6.07, 6.45) is 3.17. The van der Waals surface area contributed by atoms with Gasteiger partial charge in [-0.2, -0.15) is 0 Å². The first-order valence-electron chi connectivity index (χ1n) is 11.7. The van der Waals surface area contributed by atoms with Gasteiger partial charge in [-0.15, -0.1) is 0 Å². The van der Waals surface area contributed by atoms with Crippen LogP contribution >= 0.6 is 0 Å². The van der Waals surface area contributed by atoms with Gasteiger partial charge in [0.1, 0.15) is 5.69 Å². The molecule has 4 aromatic rings. The molecule has 0 saturated carbocycles. The third-order valence-electron chi connectivity index (χ3n) is 6.85. The second-order valence-corrected chi connectivity index (χ2v) is 11.3. The summed E-state index contributed by atoms with van der Waals surface area (Å²) in [7, 11) is -3.23. The Labute approximate surface area is 204 Å². The number of sulfone groups is 1. The molecule has 6 rings (SSSR count). The van der Waals surface area contributed by atoms with Gasteiger partial charge in [0.25, 0.3) is 0 Å². The van der Waals surface area contributed by atoms with Crippen molar-refractivity contribution in [2.75, 3.05) is 42.4 Å². The van der Waals surface area contributed by atoms with E-state index in [0.29, 0.717) is 24.7 Å². The Kier molecular flexibility index (Phi) is 5.26. The standard InChI is InChI=1S/C26H27N5O3S/c1-17-24-26(29-25(28-17)22-4-3-5-23-21(22)10-11-27-23)31-12-13-34-16-19(31)15-30(24)14-18-6-8-20(9-7-18)35(2,32)33/h3-11,19,27H,12-16H2,1-2H3. The highest BCUT2D eigenvalue weighted by molar-refractivity contribution is 7.90. The number of ether oxygens (including phenoxy) is 1. The van der Waals surface area contributed by atoms with Gasteiger partial charge in [0.15, 0.2) is 21.5 Å². The van der Waals surface area contributed by atoms with Crippen LogP contribution in [0.4, 0.5) is 11.5 Å². The molecular weight excluding hydrogens is 462 g/mol. The minimum Gasteiger partial charge on any atom is -0.377 e. The molecule has 1 saturated heterocycles. The smallest absolute Gasteiger partial charge is 0.175 e. The Bertz CT molecular complexity index is 1510. The van der Waals surface area contributed by atoms with Crippen molar-refractivity contribution in [3.8, 4) is 11.4 Å². The first kappa shape index (κ1) is 22.1. The number of aromatic amines is 1. The molecule has 35 heavy (non-hydrogen) atoms. The molecule has 0 amide bonds. The van der Waals surface area contributed by atoms with Gasteiger partial charge in [-0.05, 0) is 36.8 Å². The summed E-state index contributed by atoms with van der Waals surface area (Å²) in [6, 6.07) is 15.5. The Morgan fingerprint density at radius 2 is 1.94 bits per heavy atom. The van der Waals surface area contributed by atoms with Gasteiger partial charge >= 0.3 is 0 Å². The molecule has 0 radical (unpaired) electrons. The number of hydrogen-bond acceptors (Lipinski definition) is 7. The van der Waals surface area contributed by atoms with E-state index in [1.807, 2.05) is 31.3 Å². The molecule has 1 unspecified atom stereocenters. The number of aromatic nitrogens is 3. The summed E-state index contributed by atoms with van der Waals surface area (Å²) in [6.45, 7) is 5.58. The summed E-state index contributed by atoms with van der Waals surface area (Å²) in [4.78, 5) is 18.3. The van der Waals surface area contributed by atoms with Crippen LogP contribution in [-0.4, -0.2) is 62.0 Å². The van der Waals surface area contributed by atoms with E-state index in [2.05, 4.69) is 33.0 Å². The van der Waals surface area contributed by atoms with Crippen LogP contribution in [0.5, 0.6) is 0 Å². The molecule has 2 aliphatic rings. The molecule has 9 heteroatoms. The zero-order valence-corrected chi connectivity index (χ0v) is 20.5. The molecule has 8 nitrogen and oxygen atoms in total. The zero-order chi connectivity index (χ0) is 24.2. The van der Waals surface area contributed by atoms with Crippen LogP contribution in [0, 0.1) is 6.92 Å². The maximum Gasteiger partial charge on any atom is 0.175 e. The number of fused-ring (bicyclic) bond motifs is 4. The highest BCUT2D eigenvalue weighted by atomic mass is 32.2. The number of nitrogens with zero attached hydrogens (tertiary/aromatic N) is 4. The molecule has 0 bridgehead atoms. The predicted molar refractivity (Wildman–Crippen MR) is 137 cm³/mol. The lowest BCUT2D eigenvalue weighted by Gasteiger charge is -2.46. The first-order valence-corrected chi connectivity index (χ1v) is 13.6. The van der Waals surface area contributed by atoms with E-state index in [4.69, 9.17) is 14.7 Å². The molecule has 2 aliphatic heterocycles. The molecule has 180 valence electrons. The highest BCUT2D eigenvalue weighted by Gasteiger charge is 2.36. The van der Waals surface area contributed by atoms with E-state index in [1.165, 1.54) is 6.26 Å².